The first-order chi connectivity index (χ1) is 14.2. The second-order valence-corrected chi connectivity index (χ2v) is 7.43. The van der Waals surface area contributed by atoms with E-state index in [1.54, 1.807) is 0 Å². The summed E-state index contributed by atoms with van der Waals surface area (Å²) in [6, 6.07) is 26.9. The molecule has 0 unspecified atom stereocenters. The first kappa shape index (κ1) is 20.8. The molecule has 0 aromatic heterocycles. The number of anilines is 1. The van der Waals surface area contributed by atoms with Crippen molar-refractivity contribution in [2.75, 3.05) is 25.1 Å². The summed E-state index contributed by atoms with van der Waals surface area (Å²) in [6.45, 7) is 6.45. The number of para-hydroxylation sites is 1. The third-order valence-electron chi connectivity index (χ3n) is 4.79. The molecule has 0 spiro atoms. The number of hydrogen-bond acceptors (Lipinski definition) is 3. The van der Waals surface area contributed by atoms with Crippen LogP contribution in [0.15, 0.2) is 78.9 Å². The van der Waals surface area contributed by atoms with Crippen molar-refractivity contribution in [3.63, 3.8) is 0 Å². The van der Waals surface area contributed by atoms with E-state index in [1.165, 1.54) is 11.1 Å². The Morgan fingerprint density at radius 3 is 2.41 bits per heavy atom. The van der Waals surface area contributed by atoms with Crippen molar-refractivity contribution >= 4 is 5.69 Å². The van der Waals surface area contributed by atoms with Gasteiger partial charge >= 0.3 is 0 Å². The van der Waals surface area contributed by atoms with Crippen LogP contribution in [0, 0.1) is 0 Å². The molecule has 3 nitrogen and oxygen atoms in total. The number of rotatable bonds is 11. The molecule has 0 radical (unpaired) electrons. The standard InChI is InChI=1S/C26H31NO2/c1-21(2)25-15-6-7-16-26(25)29-19-17-27-23-13-8-14-24(20-23)28-18-9-12-22-10-4-3-5-11-22/h3-8,10-11,13-16,20-21,27H,9,12,17-19H2,1-2H3. The highest BCUT2D eigenvalue weighted by Gasteiger charge is 2.06. The van der Waals surface area contributed by atoms with Gasteiger partial charge in [0, 0.05) is 18.3 Å². The van der Waals surface area contributed by atoms with Crippen molar-refractivity contribution < 1.29 is 9.47 Å². The summed E-state index contributed by atoms with van der Waals surface area (Å²) in [7, 11) is 0. The average molecular weight is 390 g/mol. The molecule has 0 atom stereocenters. The van der Waals surface area contributed by atoms with Crippen molar-refractivity contribution in [2.24, 2.45) is 0 Å². The number of aryl methyl sites for hydroxylation is 1. The summed E-state index contributed by atoms with van der Waals surface area (Å²) >= 11 is 0. The highest BCUT2D eigenvalue weighted by Crippen LogP contribution is 2.25. The number of hydrogen-bond donors (Lipinski definition) is 1. The second-order valence-electron chi connectivity index (χ2n) is 7.43. The summed E-state index contributed by atoms with van der Waals surface area (Å²) in [6.07, 6.45) is 2.04. The molecule has 0 saturated heterocycles. The van der Waals surface area contributed by atoms with Gasteiger partial charge in [-0.15, -0.1) is 0 Å². The van der Waals surface area contributed by atoms with E-state index >= 15 is 0 Å². The Labute approximate surface area is 174 Å². The molecular weight excluding hydrogens is 358 g/mol. The Morgan fingerprint density at radius 2 is 1.59 bits per heavy atom. The number of benzene rings is 3. The molecule has 0 fully saturated rings. The molecular formula is C26H31NO2. The molecule has 0 aliphatic heterocycles. The van der Waals surface area contributed by atoms with E-state index < -0.39 is 0 Å². The van der Waals surface area contributed by atoms with E-state index in [0.717, 1.165) is 36.6 Å². The van der Waals surface area contributed by atoms with Crippen LogP contribution >= 0.6 is 0 Å². The molecule has 3 rings (SSSR count). The van der Waals surface area contributed by atoms with Crippen LogP contribution in [-0.2, 0) is 6.42 Å². The molecule has 29 heavy (non-hydrogen) atoms. The quantitative estimate of drug-likeness (QED) is 0.390. The van der Waals surface area contributed by atoms with E-state index in [2.05, 4.69) is 61.6 Å². The minimum Gasteiger partial charge on any atom is -0.494 e. The van der Waals surface area contributed by atoms with E-state index in [9.17, 15) is 0 Å². The van der Waals surface area contributed by atoms with Gasteiger partial charge < -0.3 is 14.8 Å². The predicted octanol–water partition coefficient (Wildman–Crippen LogP) is 6.31. The molecule has 3 aromatic carbocycles. The van der Waals surface area contributed by atoms with Gasteiger partial charge in [0.1, 0.15) is 18.1 Å². The first-order valence-corrected chi connectivity index (χ1v) is 10.4. The zero-order valence-electron chi connectivity index (χ0n) is 17.4. The fourth-order valence-corrected chi connectivity index (χ4v) is 3.25. The third kappa shape index (κ3) is 6.86. The zero-order valence-corrected chi connectivity index (χ0v) is 17.4. The summed E-state index contributed by atoms with van der Waals surface area (Å²) < 4.78 is 11.9. The van der Waals surface area contributed by atoms with Crippen molar-refractivity contribution in [3.8, 4) is 11.5 Å². The molecule has 3 aromatic rings. The minimum atomic E-state index is 0.454. The lowest BCUT2D eigenvalue weighted by atomic mass is 10.0. The Kier molecular flexibility index (Phi) is 8.00. The van der Waals surface area contributed by atoms with Crippen LogP contribution in [-0.4, -0.2) is 19.8 Å². The molecule has 3 heteroatoms. The van der Waals surface area contributed by atoms with Gasteiger partial charge in [0.2, 0.25) is 0 Å². The van der Waals surface area contributed by atoms with Crippen LogP contribution in [0.3, 0.4) is 0 Å². The van der Waals surface area contributed by atoms with Crippen LogP contribution in [0.25, 0.3) is 0 Å². The van der Waals surface area contributed by atoms with Gasteiger partial charge in [-0.1, -0.05) is 68.4 Å². The molecule has 0 bridgehead atoms. The van der Waals surface area contributed by atoms with Crippen molar-refractivity contribution in [3.05, 3.63) is 90.0 Å². The zero-order chi connectivity index (χ0) is 20.3. The van der Waals surface area contributed by atoms with E-state index in [-0.39, 0.29) is 0 Å². The van der Waals surface area contributed by atoms with Crippen LogP contribution in [0.5, 0.6) is 11.5 Å². The maximum atomic E-state index is 5.98. The average Bonchev–Trinajstić information content (AvgIpc) is 2.75. The van der Waals surface area contributed by atoms with Gasteiger partial charge in [-0.3, -0.25) is 0 Å². The van der Waals surface area contributed by atoms with Crippen LogP contribution < -0.4 is 14.8 Å². The molecule has 152 valence electrons. The van der Waals surface area contributed by atoms with E-state index in [1.807, 2.05) is 36.4 Å². The predicted molar refractivity (Wildman–Crippen MR) is 121 cm³/mol. The smallest absolute Gasteiger partial charge is 0.122 e. The number of ether oxygens (including phenoxy) is 2. The largest absolute Gasteiger partial charge is 0.494 e. The molecule has 1 N–H and O–H groups in total. The van der Waals surface area contributed by atoms with Crippen LogP contribution in [0.2, 0.25) is 0 Å². The van der Waals surface area contributed by atoms with Gasteiger partial charge in [-0.2, -0.15) is 0 Å². The normalized spacial score (nSPS) is 10.7. The highest BCUT2D eigenvalue weighted by molar-refractivity contribution is 5.48. The van der Waals surface area contributed by atoms with Gasteiger partial charge in [-0.05, 0) is 48.1 Å². The Hall–Kier alpha value is -2.94. The summed E-state index contributed by atoms with van der Waals surface area (Å²) in [4.78, 5) is 0. The molecule has 0 amide bonds. The number of nitrogens with one attached hydrogen (secondary N) is 1. The SMILES string of the molecule is CC(C)c1ccccc1OCCNc1cccc(OCCCc2ccccc2)c1. The van der Waals surface area contributed by atoms with E-state index in [0.29, 0.717) is 19.1 Å². The summed E-state index contributed by atoms with van der Waals surface area (Å²) in [5, 5.41) is 3.42. The molecule has 0 heterocycles. The van der Waals surface area contributed by atoms with Gasteiger partial charge in [-0.25, -0.2) is 0 Å². The first-order valence-electron chi connectivity index (χ1n) is 10.4. The van der Waals surface area contributed by atoms with Gasteiger partial charge in [0.15, 0.2) is 0 Å². The summed E-state index contributed by atoms with van der Waals surface area (Å²) in [5.41, 5.74) is 3.65. The van der Waals surface area contributed by atoms with Crippen molar-refractivity contribution in [2.45, 2.75) is 32.6 Å². The van der Waals surface area contributed by atoms with Gasteiger partial charge in [0.05, 0.1) is 6.61 Å². The maximum absolute atomic E-state index is 5.98. The topological polar surface area (TPSA) is 30.5 Å². The van der Waals surface area contributed by atoms with Crippen LogP contribution in [0.4, 0.5) is 5.69 Å². The fourth-order valence-electron chi connectivity index (χ4n) is 3.25. The Balaban J connectivity index is 1.39. The third-order valence-corrected chi connectivity index (χ3v) is 4.79. The Bertz CT molecular complexity index is 861. The lowest BCUT2D eigenvalue weighted by Crippen LogP contribution is -2.12. The summed E-state index contributed by atoms with van der Waals surface area (Å²) in [5.74, 6) is 2.32. The van der Waals surface area contributed by atoms with E-state index in [4.69, 9.17) is 9.47 Å². The Morgan fingerprint density at radius 1 is 0.793 bits per heavy atom. The van der Waals surface area contributed by atoms with Crippen molar-refractivity contribution in [1.29, 1.82) is 0 Å². The second kappa shape index (κ2) is 11.2. The molecule has 0 aliphatic carbocycles. The van der Waals surface area contributed by atoms with Crippen LogP contribution in [0.1, 0.15) is 37.3 Å². The lowest BCUT2D eigenvalue weighted by Gasteiger charge is -2.14. The fraction of sp³-hybridized carbons (Fsp3) is 0.308. The van der Waals surface area contributed by atoms with Crippen molar-refractivity contribution in [1.82, 2.24) is 0 Å². The molecule has 0 aliphatic rings. The van der Waals surface area contributed by atoms with Gasteiger partial charge in [0.25, 0.3) is 0 Å². The minimum absolute atomic E-state index is 0.454. The maximum Gasteiger partial charge on any atom is 0.122 e. The monoisotopic (exact) mass is 389 g/mol. The lowest BCUT2D eigenvalue weighted by molar-refractivity contribution is 0.311. The highest BCUT2D eigenvalue weighted by atomic mass is 16.5. The molecule has 0 saturated carbocycles.